The van der Waals surface area contributed by atoms with Crippen LogP contribution in [-0.2, 0) is 20.7 Å². The zero-order valence-electron chi connectivity index (χ0n) is 25.1. The fourth-order valence-electron chi connectivity index (χ4n) is 5.28. The molecule has 4 rings (SSSR count). The molecule has 1 heterocycles. The summed E-state index contributed by atoms with van der Waals surface area (Å²) in [4.78, 5) is 29.1. The lowest BCUT2D eigenvalue weighted by molar-refractivity contribution is -0.162. The second-order valence-electron chi connectivity index (χ2n) is 12.4. The molecule has 0 N–H and O–H groups in total. The number of benzene rings is 3. The third-order valence-electron chi connectivity index (χ3n) is 7.90. The van der Waals surface area contributed by atoms with Crippen molar-refractivity contribution in [1.82, 2.24) is 4.90 Å². The number of ether oxygens (including phenoxy) is 2. The molecule has 1 unspecified atom stereocenters. The van der Waals surface area contributed by atoms with Gasteiger partial charge in [-0.05, 0) is 79.7 Å². The summed E-state index contributed by atoms with van der Waals surface area (Å²) < 4.78 is 12.1. The summed E-state index contributed by atoms with van der Waals surface area (Å²) >= 11 is 0. The maximum absolute atomic E-state index is 13.7. The van der Waals surface area contributed by atoms with Gasteiger partial charge in [0.15, 0.2) is 0 Å². The zero-order valence-corrected chi connectivity index (χ0v) is 25.1. The highest BCUT2D eigenvalue weighted by atomic mass is 16.5. The quantitative estimate of drug-likeness (QED) is 0.226. The number of esters is 1. The highest BCUT2D eigenvalue weighted by Crippen LogP contribution is 2.30. The van der Waals surface area contributed by atoms with E-state index >= 15 is 0 Å². The Labute approximate surface area is 245 Å². The fourth-order valence-corrected chi connectivity index (χ4v) is 5.28. The number of carbonyl (C=O) groups is 2. The van der Waals surface area contributed by atoms with Crippen LogP contribution in [-0.4, -0.2) is 36.0 Å². The van der Waals surface area contributed by atoms with Crippen LogP contribution in [0.1, 0.15) is 88.5 Å². The van der Waals surface area contributed by atoms with Crippen molar-refractivity contribution < 1.29 is 19.1 Å². The maximum atomic E-state index is 13.7. The molecule has 3 aromatic carbocycles. The Morgan fingerprint density at radius 2 is 1.54 bits per heavy atom. The van der Waals surface area contributed by atoms with Gasteiger partial charge in [0.05, 0.1) is 12.5 Å². The predicted octanol–water partition coefficient (Wildman–Crippen LogP) is 7.90. The first kappa shape index (κ1) is 30.4. The van der Waals surface area contributed by atoms with Crippen LogP contribution in [0, 0.1) is 5.41 Å². The summed E-state index contributed by atoms with van der Waals surface area (Å²) in [7, 11) is 0. The molecular weight excluding hydrogens is 510 g/mol. The molecule has 1 aliphatic heterocycles. The van der Waals surface area contributed by atoms with E-state index in [1.54, 1.807) is 4.90 Å². The van der Waals surface area contributed by atoms with Crippen molar-refractivity contribution in [3.8, 4) is 5.75 Å². The van der Waals surface area contributed by atoms with Gasteiger partial charge in [0.25, 0.3) is 0 Å². The summed E-state index contributed by atoms with van der Waals surface area (Å²) in [6.45, 7) is 9.73. The van der Waals surface area contributed by atoms with E-state index in [4.69, 9.17) is 9.47 Å². The monoisotopic (exact) mass is 555 g/mol. The maximum Gasteiger partial charge on any atom is 0.329 e. The number of aryl methyl sites for hydroxylation is 1. The SMILES string of the molecule is C[C@H](C(=O)N1CCCCC1C(=O)O[C@H](CCc1ccccc1)c1ccccc1)c1ccc(OCCC(C)(C)C)cc1. The lowest BCUT2D eigenvalue weighted by Gasteiger charge is -2.36. The minimum Gasteiger partial charge on any atom is -0.494 e. The van der Waals surface area contributed by atoms with Gasteiger partial charge in [0.1, 0.15) is 17.9 Å². The summed E-state index contributed by atoms with van der Waals surface area (Å²) in [5, 5.41) is 0. The van der Waals surface area contributed by atoms with Gasteiger partial charge in [-0.25, -0.2) is 4.79 Å². The smallest absolute Gasteiger partial charge is 0.329 e. The van der Waals surface area contributed by atoms with Gasteiger partial charge >= 0.3 is 5.97 Å². The van der Waals surface area contributed by atoms with Gasteiger partial charge in [0.2, 0.25) is 5.91 Å². The summed E-state index contributed by atoms with van der Waals surface area (Å²) in [5.41, 5.74) is 3.32. The van der Waals surface area contributed by atoms with E-state index in [9.17, 15) is 9.59 Å². The average molecular weight is 556 g/mol. The number of nitrogens with zero attached hydrogens (tertiary/aromatic N) is 1. The van der Waals surface area contributed by atoms with E-state index in [0.29, 0.717) is 26.0 Å². The number of hydrogen-bond acceptors (Lipinski definition) is 4. The van der Waals surface area contributed by atoms with Gasteiger partial charge in [-0.3, -0.25) is 4.79 Å². The van der Waals surface area contributed by atoms with Crippen LogP contribution in [0.2, 0.25) is 0 Å². The van der Waals surface area contributed by atoms with Crippen LogP contribution in [0.3, 0.4) is 0 Å². The molecule has 0 saturated carbocycles. The molecule has 0 aliphatic carbocycles. The first-order chi connectivity index (χ1) is 19.7. The molecule has 0 radical (unpaired) electrons. The molecular formula is C36H45NO4. The standard InChI is InChI=1S/C36H45NO4/c1-27(29-19-21-31(22-20-29)40-26-24-36(2,3)4)34(38)37-25-12-11-17-32(37)35(39)41-33(30-15-9-6-10-16-30)23-18-28-13-7-5-8-14-28/h5-10,13-16,19-22,27,32-33H,11-12,17-18,23-26H2,1-4H3/t27-,32?,33+/m0/s1. The van der Waals surface area contributed by atoms with Crippen molar-refractivity contribution in [2.24, 2.45) is 5.41 Å². The molecule has 3 aromatic rings. The van der Waals surface area contributed by atoms with Crippen LogP contribution in [0.15, 0.2) is 84.9 Å². The second-order valence-corrected chi connectivity index (χ2v) is 12.4. The van der Waals surface area contributed by atoms with Crippen LogP contribution in [0.5, 0.6) is 5.75 Å². The topological polar surface area (TPSA) is 55.8 Å². The van der Waals surface area contributed by atoms with E-state index in [2.05, 4.69) is 32.9 Å². The van der Waals surface area contributed by atoms with E-state index < -0.39 is 6.04 Å². The van der Waals surface area contributed by atoms with Crippen molar-refractivity contribution in [2.75, 3.05) is 13.2 Å². The normalized spacial score (nSPS) is 17.0. The number of amides is 1. The van der Waals surface area contributed by atoms with Crippen molar-refractivity contribution in [2.45, 2.75) is 84.3 Å². The average Bonchev–Trinajstić information content (AvgIpc) is 2.99. The van der Waals surface area contributed by atoms with Gasteiger partial charge in [0, 0.05) is 6.54 Å². The zero-order chi connectivity index (χ0) is 29.2. The summed E-state index contributed by atoms with van der Waals surface area (Å²) in [6, 6.07) is 27.4. The van der Waals surface area contributed by atoms with E-state index in [0.717, 1.165) is 42.6 Å². The molecule has 41 heavy (non-hydrogen) atoms. The van der Waals surface area contributed by atoms with Gasteiger partial charge in [-0.15, -0.1) is 0 Å². The highest BCUT2D eigenvalue weighted by molar-refractivity contribution is 5.88. The third-order valence-corrected chi connectivity index (χ3v) is 7.90. The molecule has 3 atom stereocenters. The molecule has 0 bridgehead atoms. The number of likely N-dealkylation sites (tertiary alicyclic amines) is 1. The molecule has 0 spiro atoms. The van der Waals surface area contributed by atoms with Crippen molar-refractivity contribution in [3.63, 3.8) is 0 Å². The Bertz CT molecular complexity index is 1230. The van der Waals surface area contributed by atoms with E-state index in [1.807, 2.05) is 79.7 Å². The number of hydrogen-bond donors (Lipinski definition) is 0. The van der Waals surface area contributed by atoms with Gasteiger partial charge < -0.3 is 14.4 Å². The van der Waals surface area contributed by atoms with Crippen LogP contribution in [0.4, 0.5) is 0 Å². The lowest BCUT2D eigenvalue weighted by Crippen LogP contribution is -2.50. The van der Waals surface area contributed by atoms with Gasteiger partial charge in [-0.1, -0.05) is 93.6 Å². The Hall–Kier alpha value is -3.60. The Morgan fingerprint density at radius 1 is 0.878 bits per heavy atom. The predicted molar refractivity (Wildman–Crippen MR) is 164 cm³/mol. The second kappa shape index (κ2) is 14.3. The molecule has 218 valence electrons. The van der Waals surface area contributed by atoms with Crippen LogP contribution >= 0.6 is 0 Å². The molecule has 5 heteroatoms. The Kier molecular flexibility index (Phi) is 10.6. The highest BCUT2D eigenvalue weighted by Gasteiger charge is 2.36. The molecule has 1 fully saturated rings. The minimum absolute atomic E-state index is 0.0337. The van der Waals surface area contributed by atoms with Crippen molar-refractivity contribution >= 4 is 11.9 Å². The van der Waals surface area contributed by atoms with Crippen molar-refractivity contribution in [1.29, 1.82) is 0 Å². The molecule has 1 saturated heterocycles. The molecule has 1 aliphatic rings. The molecule has 1 amide bonds. The first-order valence-corrected chi connectivity index (χ1v) is 15.0. The summed E-state index contributed by atoms with van der Waals surface area (Å²) in [6.07, 6.45) is 4.49. The van der Waals surface area contributed by atoms with E-state index in [1.165, 1.54) is 5.56 Å². The van der Waals surface area contributed by atoms with Crippen LogP contribution < -0.4 is 4.74 Å². The van der Waals surface area contributed by atoms with Gasteiger partial charge in [-0.2, -0.15) is 0 Å². The largest absolute Gasteiger partial charge is 0.494 e. The summed E-state index contributed by atoms with van der Waals surface area (Å²) in [5.74, 6) is 0.0953. The van der Waals surface area contributed by atoms with Crippen LogP contribution in [0.25, 0.3) is 0 Å². The number of piperidine rings is 1. The Balaban J connectivity index is 1.42. The van der Waals surface area contributed by atoms with E-state index in [-0.39, 0.29) is 29.3 Å². The fraction of sp³-hybridized carbons (Fsp3) is 0.444. The Morgan fingerprint density at radius 3 is 2.20 bits per heavy atom. The molecule has 0 aromatic heterocycles. The first-order valence-electron chi connectivity index (χ1n) is 15.0. The lowest BCUT2D eigenvalue weighted by atomic mass is 9.93. The number of carbonyl (C=O) groups excluding carboxylic acids is 2. The minimum atomic E-state index is -0.568. The molecule has 5 nitrogen and oxygen atoms in total. The third kappa shape index (κ3) is 8.94. The van der Waals surface area contributed by atoms with Crippen molar-refractivity contribution in [3.05, 3.63) is 102 Å². The number of rotatable bonds is 11.